The van der Waals surface area contributed by atoms with Crippen molar-refractivity contribution in [3.05, 3.63) is 34.0 Å². The van der Waals surface area contributed by atoms with E-state index in [2.05, 4.69) is 23.3 Å². The maximum Gasteiger partial charge on any atom is 0.336 e. The van der Waals surface area contributed by atoms with Gasteiger partial charge in [0.25, 0.3) is 0 Å². The number of aromatic nitrogens is 1. The fourth-order valence-electron chi connectivity index (χ4n) is 5.56. The van der Waals surface area contributed by atoms with Crippen molar-refractivity contribution >= 4 is 28.5 Å². The highest BCUT2D eigenvalue weighted by atomic mass is 35.5. The molecule has 31 heavy (non-hydrogen) atoms. The Morgan fingerprint density at radius 2 is 2.06 bits per heavy atom. The number of nitrogens with one attached hydrogen (secondary N) is 1. The van der Waals surface area contributed by atoms with E-state index in [0.717, 1.165) is 54.4 Å². The quantitative estimate of drug-likeness (QED) is 0.665. The van der Waals surface area contributed by atoms with Crippen molar-refractivity contribution in [2.45, 2.75) is 71.4 Å². The molecule has 3 atom stereocenters. The molecule has 1 aromatic heterocycles. The van der Waals surface area contributed by atoms with Crippen LogP contribution in [0.4, 0.5) is 4.79 Å². The molecule has 2 aliphatic rings. The van der Waals surface area contributed by atoms with E-state index in [-0.39, 0.29) is 6.03 Å². The number of carbonyl (C=O) groups excluding carboxylic acids is 1. The minimum Gasteiger partial charge on any atom is -0.389 e. The highest BCUT2D eigenvalue weighted by Gasteiger charge is 2.39. The maximum atomic E-state index is 12.9. The molecule has 2 aromatic rings. The Balaban J connectivity index is 1.87. The third-order valence-electron chi connectivity index (χ3n) is 7.12. The first kappa shape index (κ1) is 22.4. The summed E-state index contributed by atoms with van der Waals surface area (Å²) in [6.45, 7) is 11.4. The number of urea groups is 1. The molecule has 170 valence electrons. The van der Waals surface area contributed by atoms with Gasteiger partial charge in [0.15, 0.2) is 0 Å². The van der Waals surface area contributed by atoms with Gasteiger partial charge in [0.2, 0.25) is 0 Å². The molecule has 2 amide bonds. The second-order valence-electron chi connectivity index (χ2n) is 8.93. The second-order valence-corrected chi connectivity index (χ2v) is 9.29. The SMILES string of the molecule is CCCN1CCC[C@@H]2c3cc(C(C)O)cc4c3c(c(Cl)n4NC(=O)N(CC)CC)C[C@H]21. The number of halogens is 1. The van der Waals surface area contributed by atoms with Gasteiger partial charge in [-0.15, -0.1) is 0 Å². The van der Waals surface area contributed by atoms with Crippen LogP contribution in [0.5, 0.6) is 0 Å². The van der Waals surface area contributed by atoms with Crippen molar-refractivity contribution in [3.63, 3.8) is 0 Å². The molecule has 2 heterocycles. The largest absolute Gasteiger partial charge is 0.389 e. The maximum absolute atomic E-state index is 12.9. The molecule has 0 radical (unpaired) electrons. The number of carbonyl (C=O) groups is 1. The van der Waals surface area contributed by atoms with Gasteiger partial charge in [0.1, 0.15) is 5.15 Å². The molecule has 1 aromatic carbocycles. The molecule has 7 heteroatoms. The van der Waals surface area contributed by atoms with Gasteiger partial charge in [-0.3, -0.25) is 4.90 Å². The van der Waals surface area contributed by atoms with Crippen LogP contribution in [0.3, 0.4) is 0 Å². The van der Waals surface area contributed by atoms with E-state index in [1.54, 1.807) is 16.5 Å². The van der Waals surface area contributed by atoms with Crippen molar-refractivity contribution < 1.29 is 9.90 Å². The predicted molar refractivity (Wildman–Crippen MR) is 127 cm³/mol. The Kier molecular flexibility index (Phi) is 6.52. The van der Waals surface area contributed by atoms with Gasteiger partial charge in [-0.25, -0.2) is 14.9 Å². The standard InChI is InChI=1S/C24H35ClN4O2/c1-5-10-28-11-8-9-17-18-12-16(15(4)30)13-21-22(18)19(14-20(17)28)23(25)29(21)26-24(31)27(6-2)7-3/h12-13,15,17,20,30H,5-11,14H2,1-4H3,(H,26,31)/t15?,17-,20-/m1/s1. The van der Waals surface area contributed by atoms with Crippen LogP contribution in [-0.2, 0) is 6.42 Å². The number of hydrogen-bond donors (Lipinski definition) is 2. The van der Waals surface area contributed by atoms with Crippen molar-refractivity contribution in [2.24, 2.45) is 0 Å². The number of nitrogens with zero attached hydrogens (tertiary/aromatic N) is 3. The van der Waals surface area contributed by atoms with E-state index in [1.807, 2.05) is 19.9 Å². The van der Waals surface area contributed by atoms with E-state index >= 15 is 0 Å². The molecule has 4 rings (SSSR count). The smallest absolute Gasteiger partial charge is 0.336 e. The highest BCUT2D eigenvalue weighted by molar-refractivity contribution is 6.32. The molecule has 1 aliphatic heterocycles. The topological polar surface area (TPSA) is 60.7 Å². The summed E-state index contributed by atoms with van der Waals surface area (Å²) < 4.78 is 1.74. The Labute approximate surface area is 190 Å². The van der Waals surface area contributed by atoms with Crippen molar-refractivity contribution in [1.82, 2.24) is 14.5 Å². The first-order valence-corrected chi connectivity index (χ1v) is 12.1. The number of aliphatic hydroxyl groups excluding tert-OH is 1. The van der Waals surface area contributed by atoms with E-state index in [1.165, 1.54) is 12.0 Å². The Hall–Kier alpha value is -1.76. The van der Waals surface area contributed by atoms with Crippen LogP contribution in [0.2, 0.25) is 5.15 Å². The van der Waals surface area contributed by atoms with Gasteiger partial charge >= 0.3 is 6.03 Å². The fourth-order valence-corrected chi connectivity index (χ4v) is 5.87. The number of piperidine rings is 1. The molecule has 0 spiro atoms. The number of rotatable bonds is 6. The molecule has 1 unspecified atom stereocenters. The normalized spacial score (nSPS) is 21.7. The third-order valence-corrected chi connectivity index (χ3v) is 7.51. The number of hydrogen-bond acceptors (Lipinski definition) is 3. The Morgan fingerprint density at radius 3 is 2.71 bits per heavy atom. The van der Waals surface area contributed by atoms with E-state index in [9.17, 15) is 9.90 Å². The average molecular weight is 447 g/mol. The van der Waals surface area contributed by atoms with E-state index in [4.69, 9.17) is 11.6 Å². The number of amides is 2. The van der Waals surface area contributed by atoms with Crippen molar-refractivity contribution in [1.29, 1.82) is 0 Å². The predicted octanol–water partition coefficient (Wildman–Crippen LogP) is 4.87. The zero-order valence-corrected chi connectivity index (χ0v) is 19.9. The van der Waals surface area contributed by atoms with Crippen molar-refractivity contribution in [3.8, 4) is 0 Å². The molecule has 0 saturated carbocycles. The average Bonchev–Trinajstić information content (AvgIpc) is 3.02. The lowest BCUT2D eigenvalue weighted by Gasteiger charge is -2.44. The van der Waals surface area contributed by atoms with Crippen LogP contribution < -0.4 is 5.43 Å². The van der Waals surface area contributed by atoms with Gasteiger partial charge in [-0.05, 0) is 76.7 Å². The van der Waals surface area contributed by atoms with Gasteiger partial charge < -0.3 is 10.0 Å². The fraction of sp³-hybridized carbons (Fsp3) is 0.625. The van der Waals surface area contributed by atoms with Crippen molar-refractivity contribution in [2.75, 3.05) is 31.6 Å². The van der Waals surface area contributed by atoms with Gasteiger partial charge in [-0.1, -0.05) is 24.6 Å². The first-order chi connectivity index (χ1) is 14.9. The van der Waals surface area contributed by atoms with E-state index in [0.29, 0.717) is 30.2 Å². The van der Waals surface area contributed by atoms with Crippen LogP contribution in [0, 0.1) is 0 Å². The zero-order chi connectivity index (χ0) is 22.3. The summed E-state index contributed by atoms with van der Waals surface area (Å²) in [7, 11) is 0. The number of benzene rings is 1. The third kappa shape index (κ3) is 3.83. The molecule has 1 aliphatic carbocycles. The van der Waals surface area contributed by atoms with E-state index < -0.39 is 6.10 Å². The number of likely N-dealkylation sites (tertiary alicyclic amines) is 1. The number of fused-ring (bicyclic) bond motifs is 2. The Morgan fingerprint density at radius 1 is 1.32 bits per heavy atom. The molecule has 2 N–H and O–H groups in total. The Bertz CT molecular complexity index is 964. The summed E-state index contributed by atoms with van der Waals surface area (Å²) in [4.78, 5) is 17.2. The molecular formula is C24H35ClN4O2. The number of aliphatic hydroxyl groups is 1. The lowest BCUT2D eigenvalue weighted by Crippen LogP contribution is -2.47. The summed E-state index contributed by atoms with van der Waals surface area (Å²) >= 11 is 6.93. The van der Waals surface area contributed by atoms with Crippen LogP contribution in [0.1, 0.15) is 75.7 Å². The summed E-state index contributed by atoms with van der Waals surface area (Å²) in [5.74, 6) is 0.430. The summed E-state index contributed by atoms with van der Waals surface area (Å²) in [5.41, 5.74) is 7.18. The van der Waals surface area contributed by atoms with Gasteiger partial charge in [0.05, 0.1) is 11.6 Å². The monoisotopic (exact) mass is 446 g/mol. The lowest BCUT2D eigenvalue weighted by molar-refractivity contribution is 0.124. The van der Waals surface area contributed by atoms with Gasteiger partial charge in [0, 0.05) is 36.0 Å². The van der Waals surface area contributed by atoms with Crippen LogP contribution >= 0.6 is 11.6 Å². The minimum atomic E-state index is -0.583. The molecule has 1 saturated heterocycles. The summed E-state index contributed by atoms with van der Waals surface area (Å²) in [6.07, 6.45) is 3.78. The zero-order valence-electron chi connectivity index (χ0n) is 19.1. The molecule has 6 nitrogen and oxygen atoms in total. The van der Waals surface area contributed by atoms with Crippen LogP contribution in [-0.4, -0.2) is 57.8 Å². The summed E-state index contributed by atoms with van der Waals surface area (Å²) in [5, 5.41) is 12.2. The van der Waals surface area contributed by atoms with Gasteiger partial charge in [-0.2, -0.15) is 0 Å². The van der Waals surface area contributed by atoms with Crippen LogP contribution in [0.25, 0.3) is 10.9 Å². The first-order valence-electron chi connectivity index (χ1n) is 11.8. The highest BCUT2D eigenvalue weighted by Crippen LogP contribution is 2.47. The molecular weight excluding hydrogens is 412 g/mol. The summed E-state index contributed by atoms with van der Waals surface area (Å²) in [6, 6.07) is 4.41. The minimum absolute atomic E-state index is 0.163. The molecule has 1 fully saturated rings. The second kappa shape index (κ2) is 9.00. The lowest BCUT2D eigenvalue weighted by atomic mass is 9.74. The molecule has 0 bridgehead atoms. The van der Waals surface area contributed by atoms with Crippen LogP contribution in [0.15, 0.2) is 12.1 Å².